The number of piperidine rings is 1. The number of hydrogen-bond donors (Lipinski definition) is 3. The summed E-state index contributed by atoms with van der Waals surface area (Å²) in [6.45, 7) is 4.38. The van der Waals surface area contributed by atoms with Gasteiger partial charge in [0.25, 0.3) is 5.91 Å². The van der Waals surface area contributed by atoms with Crippen LogP contribution in [-0.4, -0.2) is 47.4 Å². The average Bonchev–Trinajstić information content (AvgIpc) is 2.64. The number of nitrogens with one attached hydrogen (secondary N) is 2. The molecule has 0 radical (unpaired) electrons. The fraction of sp³-hybridized carbons (Fsp3) is 0.583. The summed E-state index contributed by atoms with van der Waals surface area (Å²) in [7, 11) is 0. The molecule has 0 aromatic carbocycles. The Labute approximate surface area is 111 Å². The summed E-state index contributed by atoms with van der Waals surface area (Å²) in [4.78, 5) is 36.6. The van der Waals surface area contributed by atoms with Gasteiger partial charge in [0.05, 0.1) is 6.04 Å². The molecule has 104 valence electrons. The first-order valence-corrected chi connectivity index (χ1v) is 6.27. The van der Waals surface area contributed by atoms with E-state index in [0.717, 1.165) is 0 Å². The molecule has 2 saturated heterocycles. The normalized spacial score (nSPS) is 22.9. The Hall–Kier alpha value is -1.89. The van der Waals surface area contributed by atoms with Gasteiger partial charge >= 0.3 is 6.03 Å². The van der Waals surface area contributed by atoms with Crippen molar-refractivity contribution >= 4 is 17.8 Å². The standard InChI is InChI=1S/C12H18N4O3/c1-2-3-8(13)9(17)16-6-4-12(5-7-16)10(18)14-11(19)15-12/h2,8H,1,3-7,13H2,(H2,14,15,18,19). The molecule has 1 atom stereocenters. The van der Waals surface area contributed by atoms with E-state index in [1.54, 1.807) is 11.0 Å². The molecule has 0 aromatic rings. The van der Waals surface area contributed by atoms with Crippen molar-refractivity contribution in [1.82, 2.24) is 15.5 Å². The Morgan fingerprint density at radius 2 is 2.11 bits per heavy atom. The summed E-state index contributed by atoms with van der Waals surface area (Å²) in [5.41, 5.74) is 4.89. The van der Waals surface area contributed by atoms with Crippen LogP contribution in [0.4, 0.5) is 4.79 Å². The highest BCUT2D eigenvalue weighted by Gasteiger charge is 2.48. The molecule has 0 saturated carbocycles. The fourth-order valence-corrected chi connectivity index (χ4v) is 2.50. The van der Waals surface area contributed by atoms with E-state index in [1.165, 1.54) is 0 Å². The van der Waals surface area contributed by atoms with Crippen molar-refractivity contribution in [2.45, 2.75) is 30.8 Å². The second-order valence-corrected chi connectivity index (χ2v) is 4.95. The highest BCUT2D eigenvalue weighted by Crippen LogP contribution is 2.25. The van der Waals surface area contributed by atoms with Crippen molar-refractivity contribution in [2.75, 3.05) is 13.1 Å². The van der Waals surface area contributed by atoms with E-state index in [4.69, 9.17) is 5.73 Å². The van der Waals surface area contributed by atoms with Crippen LogP contribution in [0.25, 0.3) is 0 Å². The maximum absolute atomic E-state index is 12.0. The van der Waals surface area contributed by atoms with E-state index in [2.05, 4.69) is 17.2 Å². The van der Waals surface area contributed by atoms with Crippen LogP contribution in [0.2, 0.25) is 0 Å². The molecule has 1 spiro atoms. The van der Waals surface area contributed by atoms with Crippen molar-refractivity contribution in [1.29, 1.82) is 0 Å². The summed E-state index contributed by atoms with van der Waals surface area (Å²) in [5.74, 6) is -0.445. The van der Waals surface area contributed by atoms with Crippen molar-refractivity contribution < 1.29 is 14.4 Å². The lowest BCUT2D eigenvalue weighted by molar-refractivity contribution is -0.136. The van der Waals surface area contributed by atoms with Gasteiger partial charge in [0.2, 0.25) is 5.91 Å². The molecule has 1 unspecified atom stereocenters. The maximum atomic E-state index is 12.0. The molecule has 7 nitrogen and oxygen atoms in total. The van der Waals surface area contributed by atoms with Crippen molar-refractivity contribution in [3.8, 4) is 0 Å². The average molecular weight is 266 g/mol. The third-order valence-corrected chi connectivity index (χ3v) is 3.68. The second-order valence-electron chi connectivity index (χ2n) is 4.95. The minimum absolute atomic E-state index is 0.139. The van der Waals surface area contributed by atoms with E-state index in [-0.39, 0.29) is 11.8 Å². The Kier molecular flexibility index (Phi) is 3.57. The van der Waals surface area contributed by atoms with Crippen LogP contribution in [-0.2, 0) is 9.59 Å². The monoisotopic (exact) mass is 266 g/mol. The van der Waals surface area contributed by atoms with Gasteiger partial charge in [0.15, 0.2) is 0 Å². The van der Waals surface area contributed by atoms with Crippen molar-refractivity contribution in [2.24, 2.45) is 5.73 Å². The topological polar surface area (TPSA) is 105 Å². The van der Waals surface area contributed by atoms with E-state index in [0.29, 0.717) is 32.4 Å². The predicted molar refractivity (Wildman–Crippen MR) is 68.0 cm³/mol. The van der Waals surface area contributed by atoms with Crippen LogP contribution in [0, 0.1) is 0 Å². The number of rotatable bonds is 3. The van der Waals surface area contributed by atoms with Gasteiger partial charge in [0, 0.05) is 13.1 Å². The molecule has 0 aliphatic carbocycles. The molecule has 2 aliphatic heterocycles. The van der Waals surface area contributed by atoms with Crippen molar-refractivity contribution in [3.05, 3.63) is 12.7 Å². The molecule has 4 amide bonds. The summed E-state index contributed by atoms with van der Waals surface area (Å²) in [6, 6.07) is -1.05. The Morgan fingerprint density at radius 1 is 1.47 bits per heavy atom. The highest BCUT2D eigenvalue weighted by molar-refractivity contribution is 6.07. The number of carbonyl (C=O) groups is 3. The Morgan fingerprint density at radius 3 is 2.58 bits per heavy atom. The summed E-state index contributed by atoms with van der Waals surface area (Å²) in [5, 5.41) is 4.88. The van der Waals surface area contributed by atoms with E-state index >= 15 is 0 Å². The van der Waals surface area contributed by atoms with Gasteiger partial charge in [0.1, 0.15) is 5.54 Å². The van der Waals surface area contributed by atoms with Crippen LogP contribution < -0.4 is 16.4 Å². The zero-order chi connectivity index (χ0) is 14.0. The molecule has 2 fully saturated rings. The zero-order valence-electron chi connectivity index (χ0n) is 10.6. The number of nitrogens with two attached hydrogens (primary N) is 1. The lowest BCUT2D eigenvalue weighted by Gasteiger charge is -2.37. The number of carbonyl (C=O) groups excluding carboxylic acids is 3. The summed E-state index contributed by atoms with van der Waals surface area (Å²) >= 11 is 0. The predicted octanol–water partition coefficient (Wildman–Crippen LogP) is -0.910. The minimum atomic E-state index is -0.851. The molecule has 2 heterocycles. The first kappa shape index (κ1) is 13.5. The number of urea groups is 1. The number of amides is 4. The van der Waals surface area contributed by atoms with Crippen LogP contribution in [0.1, 0.15) is 19.3 Å². The van der Waals surface area contributed by atoms with Crippen LogP contribution in [0.15, 0.2) is 12.7 Å². The number of nitrogens with zero attached hydrogens (tertiary/aromatic N) is 1. The molecule has 0 bridgehead atoms. The third-order valence-electron chi connectivity index (χ3n) is 3.68. The van der Waals surface area contributed by atoms with Crippen LogP contribution in [0.5, 0.6) is 0 Å². The quantitative estimate of drug-likeness (QED) is 0.454. The van der Waals surface area contributed by atoms with Gasteiger partial charge in [-0.25, -0.2) is 4.79 Å². The second kappa shape index (κ2) is 5.00. The number of imide groups is 1. The Bertz CT molecular complexity index is 427. The number of hydrogen-bond acceptors (Lipinski definition) is 4. The minimum Gasteiger partial charge on any atom is -0.341 e. The van der Waals surface area contributed by atoms with Gasteiger partial charge in [-0.1, -0.05) is 6.08 Å². The largest absolute Gasteiger partial charge is 0.341 e. The maximum Gasteiger partial charge on any atom is 0.322 e. The number of likely N-dealkylation sites (tertiary alicyclic amines) is 1. The van der Waals surface area contributed by atoms with Crippen LogP contribution >= 0.6 is 0 Å². The smallest absolute Gasteiger partial charge is 0.322 e. The molecule has 0 aromatic heterocycles. The van der Waals surface area contributed by atoms with Gasteiger partial charge in [-0.05, 0) is 19.3 Å². The molecular weight excluding hydrogens is 248 g/mol. The van der Waals surface area contributed by atoms with Gasteiger partial charge in [-0.2, -0.15) is 0 Å². The summed E-state index contributed by atoms with van der Waals surface area (Å²) < 4.78 is 0. The lowest BCUT2D eigenvalue weighted by atomic mass is 9.87. The van der Waals surface area contributed by atoms with Crippen LogP contribution in [0.3, 0.4) is 0 Å². The van der Waals surface area contributed by atoms with Gasteiger partial charge < -0.3 is 16.0 Å². The highest BCUT2D eigenvalue weighted by atomic mass is 16.2. The third kappa shape index (κ3) is 2.46. The van der Waals surface area contributed by atoms with E-state index in [9.17, 15) is 14.4 Å². The molecule has 2 aliphatic rings. The molecule has 4 N–H and O–H groups in total. The zero-order valence-corrected chi connectivity index (χ0v) is 10.6. The molecular formula is C12H18N4O3. The van der Waals surface area contributed by atoms with E-state index in [1.807, 2.05) is 0 Å². The molecule has 2 rings (SSSR count). The first-order chi connectivity index (χ1) is 8.98. The first-order valence-electron chi connectivity index (χ1n) is 6.27. The summed E-state index contributed by atoms with van der Waals surface area (Å²) in [6.07, 6.45) is 2.87. The Balaban J connectivity index is 1.96. The SMILES string of the molecule is C=CCC(N)C(=O)N1CCC2(CC1)NC(=O)NC2=O. The lowest BCUT2D eigenvalue weighted by Crippen LogP contribution is -2.57. The fourth-order valence-electron chi connectivity index (χ4n) is 2.50. The van der Waals surface area contributed by atoms with Gasteiger partial charge in [-0.3, -0.25) is 14.9 Å². The molecule has 19 heavy (non-hydrogen) atoms. The van der Waals surface area contributed by atoms with Crippen molar-refractivity contribution in [3.63, 3.8) is 0 Å². The van der Waals surface area contributed by atoms with E-state index < -0.39 is 17.6 Å². The molecule has 7 heteroatoms. The van der Waals surface area contributed by atoms with Gasteiger partial charge in [-0.15, -0.1) is 6.58 Å².